The second-order valence-corrected chi connectivity index (χ2v) is 5.43. The number of rotatable bonds is 4. The molecule has 112 valence electrons. The molecule has 0 unspecified atom stereocenters. The predicted octanol–water partition coefficient (Wildman–Crippen LogP) is 0.914. The van der Waals surface area contributed by atoms with Crippen molar-refractivity contribution in [3.63, 3.8) is 0 Å². The quantitative estimate of drug-likeness (QED) is 0.772. The monoisotopic (exact) mass is 290 g/mol. The van der Waals surface area contributed by atoms with Gasteiger partial charge >= 0.3 is 5.97 Å². The first-order chi connectivity index (χ1) is 10.1. The Morgan fingerprint density at radius 2 is 2.38 bits per heavy atom. The van der Waals surface area contributed by atoms with Gasteiger partial charge < -0.3 is 5.11 Å². The van der Waals surface area contributed by atoms with Crippen LogP contribution in [0.5, 0.6) is 0 Å². The highest BCUT2D eigenvalue weighted by atomic mass is 16.4. The van der Waals surface area contributed by atoms with E-state index >= 15 is 0 Å². The molecule has 0 aliphatic carbocycles. The molecule has 1 aliphatic heterocycles. The normalized spacial score (nSPS) is 19.8. The van der Waals surface area contributed by atoms with E-state index in [2.05, 4.69) is 30.3 Å². The van der Waals surface area contributed by atoms with Crippen LogP contribution in [0.1, 0.15) is 46.5 Å². The average Bonchev–Trinajstić information content (AvgIpc) is 3.08. The molecule has 3 N–H and O–H groups in total. The van der Waals surface area contributed by atoms with Crippen molar-refractivity contribution in [2.24, 2.45) is 0 Å². The standard InChI is InChI=1S/C13H18N6O2/c1-8-15-12(18-16-8)9-3-2-4-19(6-9)7-10-5-14-17-11(10)13(20)21/h5,9H,2-4,6-7H2,1H3,(H,14,17)(H,20,21)(H,15,16,18)/t9-/m1/s1. The number of aromatic carboxylic acids is 1. The first-order valence-electron chi connectivity index (χ1n) is 7.00. The van der Waals surface area contributed by atoms with Crippen LogP contribution in [-0.4, -0.2) is 54.4 Å². The Morgan fingerprint density at radius 3 is 3.10 bits per heavy atom. The maximum Gasteiger partial charge on any atom is 0.354 e. The summed E-state index contributed by atoms with van der Waals surface area (Å²) in [5.41, 5.74) is 0.889. The van der Waals surface area contributed by atoms with Gasteiger partial charge in [-0.3, -0.25) is 15.1 Å². The number of hydrogen-bond acceptors (Lipinski definition) is 5. The summed E-state index contributed by atoms with van der Waals surface area (Å²) in [5.74, 6) is 0.998. The molecule has 1 atom stereocenters. The molecule has 8 nitrogen and oxygen atoms in total. The Bertz CT molecular complexity index is 634. The van der Waals surface area contributed by atoms with Crippen molar-refractivity contribution in [1.82, 2.24) is 30.3 Å². The molecule has 8 heteroatoms. The fourth-order valence-corrected chi connectivity index (χ4v) is 2.81. The Balaban J connectivity index is 1.69. The van der Waals surface area contributed by atoms with Crippen LogP contribution in [0.15, 0.2) is 6.20 Å². The van der Waals surface area contributed by atoms with Crippen molar-refractivity contribution in [1.29, 1.82) is 0 Å². The molecule has 2 aromatic heterocycles. The Kier molecular flexibility index (Phi) is 3.70. The summed E-state index contributed by atoms with van der Waals surface area (Å²) in [7, 11) is 0. The zero-order chi connectivity index (χ0) is 14.8. The largest absolute Gasteiger partial charge is 0.477 e. The summed E-state index contributed by atoms with van der Waals surface area (Å²) in [4.78, 5) is 17.7. The maximum atomic E-state index is 11.1. The first kappa shape index (κ1) is 13.7. The lowest BCUT2D eigenvalue weighted by Crippen LogP contribution is -2.34. The molecule has 2 aromatic rings. The number of piperidine rings is 1. The van der Waals surface area contributed by atoms with Gasteiger partial charge in [-0.15, -0.1) is 0 Å². The third-order valence-electron chi connectivity index (χ3n) is 3.81. The summed E-state index contributed by atoms with van der Waals surface area (Å²) in [6, 6.07) is 0. The van der Waals surface area contributed by atoms with Gasteiger partial charge in [0.25, 0.3) is 0 Å². The number of likely N-dealkylation sites (tertiary alicyclic amines) is 1. The molecule has 1 saturated heterocycles. The minimum absolute atomic E-state index is 0.172. The number of nitrogens with one attached hydrogen (secondary N) is 2. The molecular weight excluding hydrogens is 272 g/mol. The molecule has 1 fully saturated rings. The SMILES string of the molecule is Cc1nc([C@@H]2CCCN(Cc3cn[nH]c3C(=O)O)C2)n[nH]1. The van der Waals surface area contributed by atoms with Crippen molar-refractivity contribution in [2.45, 2.75) is 32.2 Å². The summed E-state index contributed by atoms with van der Waals surface area (Å²) in [6.07, 6.45) is 3.70. The lowest BCUT2D eigenvalue weighted by molar-refractivity contribution is 0.0687. The third kappa shape index (κ3) is 2.94. The second kappa shape index (κ2) is 5.65. The lowest BCUT2D eigenvalue weighted by atomic mass is 9.97. The third-order valence-corrected chi connectivity index (χ3v) is 3.81. The van der Waals surface area contributed by atoms with E-state index in [0.717, 1.165) is 37.6 Å². The lowest BCUT2D eigenvalue weighted by Gasteiger charge is -2.31. The van der Waals surface area contributed by atoms with E-state index in [9.17, 15) is 4.79 Å². The summed E-state index contributed by atoms with van der Waals surface area (Å²) in [6.45, 7) is 4.26. The molecule has 3 heterocycles. The molecule has 0 aromatic carbocycles. The maximum absolute atomic E-state index is 11.1. The highest BCUT2D eigenvalue weighted by Gasteiger charge is 2.25. The van der Waals surface area contributed by atoms with Crippen molar-refractivity contribution in [2.75, 3.05) is 13.1 Å². The van der Waals surface area contributed by atoms with Crippen LogP contribution in [0.2, 0.25) is 0 Å². The fourth-order valence-electron chi connectivity index (χ4n) is 2.81. The van der Waals surface area contributed by atoms with E-state index in [1.807, 2.05) is 6.92 Å². The van der Waals surface area contributed by atoms with Crippen LogP contribution >= 0.6 is 0 Å². The van der Waals surface area contributed by atoms with Gasteiger partial charge in [0, 0.05) is 24.6 Å². The number of H-pyrrole nitrogens is 2. The minimum atomic E-state index is -0.972. The van der Waals surface area contributed by atoms with Crippen LogP contribution in [0, 0.1) is 6.92 Å². The van der Waals surface area contributed by atoms with Crippen molar-refractivity contribution >= 4 is 5.97 Å². The van der Waals surface area contributed by atoms with E-state index in [1.165, 1.54) is 0 Å². The Hall–Kier alpha value is -2.22. The van der Waals surface area contributed by atoms with Crippen LogP contribution < -0.4 is 0 Å². The summed E-state index contributed by atoms with van der Waals surface area (Å²) < 4.78 is 0. The van der Waals surface area contributed by atoms with Gasteiger partial charge in [-0.1, -0.05) is 0 Å². The molecule has 0 saturated carbocycles. The number of hydrogen-bond donors (Lipinski definition) is 3. The van der Waals surface area contributed by atoms with Crippen molar-refractivity contribution in [3.8, 4) is 0 Å². The Labute approximate surface area is 121 Å². The molecule has 21 heavy (non-hydrogen) atoms. The molecule has 0 radical (unpaired) electrons. The topological polar surface area (TPSA) is 111 Å². The van der Waals surface area contributed by atoms with E-state index in [4.69, 9.17) is 5.11 Å². The van der Waals surface area contributed by atoms with Gasteiger partial charge in [-0.2, -0.15) is 10.2 Å². The minimum Gasteiger partial charge on any atom is -0.477 e. The molecular formula is C13H18N6O2. The molecule has 1 aliphatic rings. The van der Waals surface area contributed by atoms with E-state index in [0.29, 0.717) is 18.0 Å². The van der Waals surface area contributed by atoms with Crippen LogP contribution in [-0.2, 0) is 6.54 Å². The molecule has 0 spiro atoms. The highest BCUT2D eigenvalue weighted by molar-refractivity contribution is 5.86. The number of aromatic nitrogens is 5. The first-order valence-corrected chi connectivity index (χ1v) is 7.00. The zero-order valence-corrected chi connectivity index (χ0v) is 11.8. The number of aromatic amines is 2. The van der Waals surface area contributed by atoms with E-state index < -0.39 is 5.97 Å². The Morgan fingerprint density at radius 1 is 1.52 bits per heavy atom. The smallest absolute Gasteiger partial charge is 0.354 e. The molecule has 3 rings (SSSR count). The fraction of sp³-hybridized carbons (Fsp3) is 0.538. The second-order valence-electron chi connectivity index (χ2n) is 5.43. The summed E-state index contributed by atoms with van der Waals surface area (Å²) in [5, 5.41) is 22.6. The number of carboxylic acid groups (broad SMARTS) is 1. The van der Waals surface area contributed by atoms with Gasteiger partial charge in [0.1, 0.15) is 11.5 Å². The van der Waals surface area contributed by atoms with Gasteiger partial charge in [0.05, 0.1) is 6.20 Å². The number of carboxylic acids is 1. The predicted molar refractivity (Wildman–Crippen MR) is 73.9 cm³/mol. The number of nitrogens with zero attached hydrogens (tertiary/aromatic N) is 4. The molecule has 0 bridgehead atoms. The zero-order valence-electron chi connectivity index (χ0n) is 11.8. The number of aryl methyl sites for hydroxylation is 1. The van der Waals surface area contributed by atoms with Gasteiger partial charge in [0.2, 0.25) is 0 Å². The van der Waals surface area contributed by atoms with Crippen molar-refractivity contribution in [3.05, 3.63) is 29.1 Å². The molecule has 0 amide bonds. The van der Waals surface area contributed by atoms with Gasteiger partial charge in [-0.05, 0) is 26.3 Å². The van der Waals surface area contributed by atoms with Gasteiger partial charge in [0.15, 0.2) is 5.82 Å². The van der Waals surface area contributed by atoms with Gasteiger partial charge in [-0.25, -0.2) is 9.78 Å². The average molecular weight is 290 g/mol. The highest BCUT2D eigenvalue weighted by Crippen LogP contribution is 2.25. The van der Waals surface area contributed by atoms with Crippen LogP contribution in [0.3, 0.4) is 0 Å². The number of carbonyl (C=O) groups is 1. The van der Waals surface area contributed by atoms with Crippen molar-refractivity contribution < 1.29 is 9.90 Å². The van der Waals surface area contributed by atoms with Crippen LogP contribution in [0.25, 0.3) is 0 Å². The van der Waals surface area contributed by atoms with E-state index in [-0.39, 0.29) is 5.69 Å². The summed E-state index contributed by atoms with van der Waals surface area (Å²) >= 11 is 0. The van der Waals surface area contributed by atoms with E-state index in [1.54, 1.807) is 6.20 Å². The van der Waals surface area contributed by atoms with Crippen LogP contribution in [0.4, 0.5) is 0 Å².